The Bertz CT molecular complexity index is 789. The normalized spacial score (nSPS) is 20.0. The Morgan fingerprint density at radius 2 is 1.97 bits per heavy atom. The molecule has 160 valence electrons. The molecule has 2 heterocycles. The summed E-state index contributed by atoms with van der Waals surface area (Å²) >= 11 is 0. The van der Waals surface area contributed by atoms with Gasteiger partial charge in [-0.2, -0.15) is 5.10 Å². The van der Waals surface area contributed by atoms with Crippen LogP contribution in [-0.4, -0.2) is 59.4 Å². The molecule has 0 amide bonds. The highest BCUT2D eigenvalue weighted by Gasteiger charge is 2.31. The van der Waals surface area contributed by atoms with Crippen LogP contribution in [0.15, 0.2) is 41.5 Å². The second-order valence-corrected chi connectivity index (χ2v) is 7.75. The van der Waals surface area contributed by atoms with Crippen molar-refractivity contribution in [1.82, 2.24) is 25.3 Å². The van der Waals surface area contributed by atoms with E-state index in [1.54, 1.807) is 23.9 Å². The summed E-state index contributed by atoms with van der Waals surface area (Å²) in [4.78, 5) is 6.86. The number of guanidine groups is 1. The average molecular weight is 514 g/mol. The third-order valence-electron chi connectivity index (χ3n) is 5.33. The van der Waals surface area contributed by atoms with E-state index in [0.717, 1.165) is 43.4 Å². The Hall–Kier alpha value is -1.68. The Balaban J connectivity index is 0.00000300. The molecule has 1 aliphatic heterocycles. The van der Waals surface area contributed by atoms with Crippen LogP contribution in [0.3, 0.4) is 0 Å². The zero-order valence-corrected chi connectivity index (χ0v) is 19.9. The number of aromatic nitrogens is 2. The van der Waals surface area contributed by atoms with Crippen LogP contribution in [0.5, 0.6) is 0 Å². The van der Waals surface area contributed by atoms with Gasteiger partial charge in [-0.15, -0.1) is 24.0 Å². The first kappa shape index (κ1) is 23.6. The summed E-state index contributed by atoms with van der Waals surface area (Å²) in [6.07, 6.45) is 2.68. The predicted octanol–water partition coefficient (Wildman–Crippen LogP) is 3.07. The Kier molecular flexibility index (Phi) is 8.88. The minimum absolute atomic E-state index is 0. The highest BCUT2D eigenvalue weighted by molar-refractivity contribution is 14.0. The molecule has 2 atom stereocenters. The van der Waals surface area contributed by atoms with E-state index in [9.17, 15) is 4.39 Å². The van der Waals surface area contributed by atoms with Gasteiger partial charge in [0.05, 0.1) is 11.4 Å². The molecule has 0 spiro atoms. The van der Waals surface area contributed by atoms with Crippen molar-refractivity contribution in [2.75, 3.05) is 26.7 Å². The summed E-state index contributed by atoms with van der Waals surface area (Å²) in [5.74, 6) is 1.18. The summed E-state index contributed by atoms with van der Waals surface area (Å²) in [6, 6.07) is 9.29. The fourth-order valence-corrected chi connectivity index (χ4v) is 3.53. The number of benzene rings is 1. The first-order valence-corrected chi connectivity index (χ1v) is 9.98. The Morgan fingerprint density at radius 3 is 2.59 bits per heavy atom. The lowest BCUT2D eigenvalue weighted by Crippen LogP contribution is -2.47. The van der Waals surface area contributed by atoms with E-state index >= 15 is 0 Å². The predicted molar refractivity (Wildman–Crippen MR) is 127 cm³/mol. The molecule has 8 heteroatoms. The van der Waals surface area contributed by atoms with Gasteiger partial charge in [0.15, 0.2) is 5.96 Å². The Morgan fingerprint density at radius 1 is 1.24 bits per heavy atom. The summed E-state index contributed by atoms with van der Waals surface area (Å²) in [7, 11) is 1.80. The molecule has 0 saturated carbocycles. The van der Waals surface area contributed by atoms with Crippen LogP contribution < -0.4 is 10.6 Å². The van der Waals surface area contributed by atoms with Crippen molar-refractivity contribution in [3.63, 3.8) is 0 Å². The monoisotopic (exact) mass is 514 g/mol. The molecule has 1 aliphatic rings. The van der Waals surface area contributed by atoms with Crippen LogP contribution >= 0.6 is 24.0 Å². The van der Waals surface area contributed by atoms with Crippen LogP contribution in [0.1, 0.15) is 26.5 Å². The quantitative estimate of drug-likeness (QED) is 0.354. The maximum Gasteiger partial charge on any atom is 0.191 e. The lowest BCUT2D eigenvalue weighted by Gasteiger charge is -2.21. The van der Waals surface area contributed by atoms with Gasteiger partial charge < -0.3 is 10.6 Å². The van der Waals surface area contributed by atoms with Crippen molar-refractivity contribution in [2.24, 2.45) is 10.9 Å². The first-order chi connectivity index (χ1) is 13.5. The second kappa shape index (κ2) is 10.9. The topological polar surface area (TPSA) is 57.5 Å². The molecule has 0 bridgehead atoms. The first-order valence-electron chi connectivity index (χ1n) is 9.98. The van der Waals surface area contributed by atoms with E-state index < -0.39 is 0 Å². The van der Waals surface area contributed by atoms with E-state index in [1.807, 2.05) is 12.3 Å². The minimum atomic E-state index is -0.243. The number of aliphatic imine (C=N–C) groups is 1. The summed E-state index contributed by atoms with van der Waals surface area (Å²) in [5.41, 5.74) is 1.83. The van der Waals surface area contributed by atoms with Crippen molar-refractivity contribution in [3.05, 3.63) is 48.0 Å². The van der Waals surface area contributed by atoms with Crippen molar-refractivity contribution < 1.29 is 4.39 Å². The second-order valence-electron chi connectivity index (χ2n) is 7.75. The number of nitrogens with one attached hydrogen (secondary N) is 2. The van der Waals surface area contributed by atoms with Crippen LogP contribution in [-0.2, 0) is 6.42 Å². The van der Waals surface area contributed by atoms with Gasteiger partial charge in [-0.3, -0.25) is 9.89 Å². The zero-order valence-electron chi connectivity index (χ0n) is 17.6. The third-order valence-corrected chi connectivity index (χ3v) is 5.33. The molecule has 2 unspecified atom stereocenters. The van der Waals surface area contributed by atoms with E-state index in [-0.39, 0.29) is 29.8 Å². The van der Waals surface area contributed by atoms with E-state index in [0.29, 0.717) is 18.0 Å². The largest absolute Gasteiger partial charge is 0.356 e. The molecular weight excluding hydrogens is 482 g/mol. The van der Waals surface area contributed by atoms with Gasteiger partial charge in [-0.25, -0.2) is 9.07 Å². The van der Waals surface area contributed by atoms with Crippen molar-refractivity contribution in [2.45, 2.75) is 39.3 Å². The molecule has 6 nitrogen and oxygen atoms in total. The third kappa shape index (κ3) is 6.40. The standard InChI is InChI=1S/C21H31FN6.HI/c1-15(2)27-13-16(3)20(14-27)25-21(23-4)24-11-9-18-10-12-28(26-18)19-7-5-17(22)6-8-19;/h5-8,10,12,15-16,20H,9,11,13-14H2,1-4H3,(H2,23,24,25);1H. The number of nitrogens with zero attached hydrogens (tertiary/aromatic N) is 4. The summed E-state index contributed by atoms with van der Waals surface area (Å²) in [5, 5.41) is 11.5. The summed E-state index contributed by atoms with van der Waals surface area (Å²) in [6.45, 7) is 9.68. The van der Waals surface area contributed by atoms with Gasteiger partial charge in [0.25, 0.3) is 0 Å². The van der Waals surface area contributed by atoms with Gasteiger partial charge >= 0.3 is 0 Å². The van der Waals surface area contributed by atoms with Gasteiger partial charge in [0.1, 0.15) is 5.82 Å². The van der Waals surface area contributed by atoms with Crippen LogP contribution in [0.4, 0.5) is 4.39 Å². The number of halogens is 2. The molecule has 1 saturated heterocycles. The molecule has 2 aromatic rings. The van der Waals surface area contributed by atoms with Crippen molar-refractivity contribution in [3.8, 4) is 5.69 Å². The zero-order chi connectivity index (χ0) is 20.1. The highest BCUT2D eigenvalue weighted by Crippen LogP contribution is 2.18. The van der Waals surface area contributed by atoms with Crippen LogP contribution in [0, 0.1) is 11.7 Å². The summed E-state index contributed by atoms with van der Waals surface area (Å²) < 4.78 is 14.8. The molecule has 1 aromatic carbocycles. The number of hydrogen-bond acceptors (Lipinski definition) is 3. The SMILES string of the molecule is CN=C(NCCc1ccn(-c2ccc(F)cc2)n1)NC1CN(C(C)C)CC1C.I. The van der Waals surface area contributed by atoms with Crippen molar-refractivity contribution >= 4 is 29.9 Å². The number of hydrogen-bond donors (Lipinski definition) is 2. The molecular formula is C21H32FIN6. The maximum atomic E-state index is 13.1. The van der Waals surface area contributed by atoms with Crippen LogP contribution in [0.2, 0.25) is 0 Å². The Labute approximate surface area is 190 Å². The lowest BCUT2D eigenvalue weighted by molar-refractivity contribution is 0.265. The van der Waals surface area contributed by atoms with Gasteiger partial charge in [-0.1, -0.05) is 6.92 Å². The van der Waals surface area contributed by atoms with Crippen molar-refractivity contribution in [1.29, 1.82) is 0 Å². The molecule has 0 aliphatic carbocycles. The highest BCUT2D eigenvalue weighted by atomic mass is 127. The minimum Gasteiger partial charge on any atom is -0.356 e. The van der Waals surface area contributed by atoms with Gasteiger partial charge in [-0.05, 0) is 50.1 Å². The maximum absolute atomic E-state index is 13.1. The molecule has 2 N–H and O–H groups in total. The van der Waals surface area contributed by atoms with Gasteiger partial charge in [0.2, 0.25) is 0 Å². The average Bonchev–Trinajstić information content (AvgIpc) is 3.29. The molecule has 3 rings (SSSR count). The molecule has 1 fully saturated rings. The molecule has 29 heavy (non-hydrogen) atoms. The fraction of sp³-hybridized carbons (Fsp3) is 0.524. The number of rotatable bonds is 6. The lowest BCUT2D eigenvalue weighted by atomic mass is 10.1. The van der Waals surface area contributed by atoms with E-state index in [2.05, 4.69) is 46.4 Å². The molecule has 1 aromatic heterocycles. The number of likely N-dealkylation sites (tertiary alicyclic amines) is 1. The fourth-order valence-electron chi connectivity index (χ4n) is 3.53. The van der Waals surface area contributed by atoms with E-state index in [4.69, 9.17) is 0 Å². The van der Waals surface area contributed by atoms with Gasteiger partial charge in [0, 0.05) is 51.4 Å². The van der Waals surface area contributed by atoms with Crippen LogP contribution in [0.25, 0.3) is 5.69 Å². The molecule has 0 radical (unpaired) electrons. The van der Waals surface area contributed by atoms with E-state index in [1.165, 1.54) is 12.1 Å². The smallest absolute Gasteiger partial charge is 0.191 e.